The SMILES string of the molecule is CSC1CCC(NCc2ccc(F)c(Br)c2)CC1. The van der Waals surface area contributed by atoms with Gasteiger partial charge in [-0.1, -0.05) is 6.07 Å². The van der Waals surface area contributed by atoms with Crippen molar-refractivity contribution in [3.8, 4) is 0 Å². The first-order valence-electron chi connectivity index (χ1n) is 6.39. The number of thioether (sulfide) groups is 1. The van der Waals surface area contributed by atoms with Crippen molar-refractivity contribution >= 4 is 27.7 Å². The molecule has 0 unspecified atom stereocenters. The first kappa shape index (κ1) is 14.4. The van der Waals surface area contributed by atoms with Gasteiger partial charge in [-0.3, -0.25) is 0 Å². The highest BCUT2D eigenvalue weighted by Crippen LogP contribution is 2.27. The second-order valence-electron chi connectivity index (χ2n) is 4.84. The standard InChI is InChI=1S/C14H19BrFNS/c1-18-12-5-3-11(4-6-12)17-9-10-2-7-14(16)13(15)8-10/h2,7-8,11-12,17H,3-6,9H2,1H3. The molecule has 100 valence electrons. The van der Waals surface area contributed by atoms with Crippen LogP contribution in [0.1, 0.15) is 31.2 Å². The van der Waals surface area contributed by atoms with Crippen LogP contribution in [0.15, 0.2) is 22.7 Å². The lowest BCUT2D eigenvalue weighted by Gasteiger charge is -2.28. The van der Waals surface area contributed by atoms with Crippen LogP contribution < -0.4 is 5.32 Å². The highest BCUT2D eigenvalue weighted by atomic mass is 79.9. The monoisotopic (exact) mass is 331 g/mol. The maximum atomic E-state index is 13.1. The third-order valence-corrected chi connectivity index (χ3v) is 5.33. The molecule has 0 heterocycles. The van der Waals surface area contributed by atoms with Crippen molar-refractivity contribution < 1.29 is 4.39 Å². The molecule has 0 bridgehead atoms. The van der Waals surface area contributed by atoms with Crippen LogP contribution >= 0.6 is 27.7 Å². The van der Waals surface area contributed by atoms with Crippen LogP contribution in [0, 0.1) is 5.82 Å². The molecule has 1 aromatic rings. The second-order valence-corrected chi connectivity index (χ2v) is 6.83. The zero-order valence-corrected chi connectivity index (χ0v) is 13.0. The number of benzene rings is 1. The summed E-state index contributed by atoms with van der Waals surface area (Å²) < 4.78 is 13.7. The van der Waals surface area contributed by atoms with Gasteiger partial charge in [0.15, 0.2) is 0 Å². The minimum absolute atomic E-state index is 0.195. The Morgan fingerprint density at radius 3 is 2.67 bits per heavy atom. The molecule has 0 aliphatic heterocycles. The first-order valence-corrected chi connectivity index (χ1v) is 8.47. The zero-order valence-electron chi connectivity index (χ0n) is 10.6. The molecule has 1 aromatic carbocycles. The molecule has 1 aliphatic rings. The second kappa shape index (κ2) is 6.92. The average molecular weight is 332 g/mol. The topological polar surface area (TPSA) is 12.0 Å². The van der Waals surface area contributed by atoms with Crippen LogP contribution in [0.2, 0.25) is 0 Å². The van der Waals surface area contributed by atoms with Crippen LogP contribution in [0.4, 0.5) is 4.39 Å². The molecule has 18 heavy (non-hydrogen) atoms. The molecule has 1 N–H and O–H groups in total. The molecular formula is C14H19BrFNS. The van der Waals surface area contributed by atoms with Crippen molar-refractivity contribution in [1.82, 2.24) is 5.32 Å². The molecule has 0 spiro atoms. The summed E-state index contributed by atoms with van der Waals surface area (Å²) in [6.07, 6.45) is 7.34. The number of hydrogen-bond donors (Lipinski definition) is 1. The highest BCUT2D eigenvalue weighted by molar-refractivity contribution is 9.10. The number of rotatable bonds is 4. The van der Waals surface area contributed by atoms with Crippen molar-refractivity contribution in [1.29, 1.82) is 0 Å². The Hall–Kier alpha value is -0.0600. The highest BCUT2D eigenvalue weighted by Gasteiger charge is 2.19. The van der Waals surface area contributed by atoms with E-state index < -0.39 is 0 Å². The largest absolute Gasteiger partial charge is 0.310 e. The lowest BCUT2D eigenvalue weighted by atomic mass is 9.95. The Labute approximate surface area is 121 Å². The molecule has 1 saturated carbocycles. The maximum absolute atomic E-state index is 13.1. The molecule has 4 heteroatoms. The normalized spacial score (nSPS) is 24.2. The first-order chi connectivity index (χ1) is 8.69. The van der Waals surface area contributed by atoms with Crippen molar-refractivity contribution in [3.05, 3.63) is 34.1 Å². The summed E-state index contributed by atoms with van der Waals surface area (Å²) in [5.41, 5.74) is 1.13. The molecular weight excluding hydrogens is 313 g/mol. The maximum Gasteiger partial charge on any atom is 0.137 e. The molecule has 0 saturated heterocycles. The molecule has 0 radical (unpaired) electrons. The predicted octanol–water partition coefficient (Wildman–Crippen LogP) is 4.35. The Morgan fingerprint density at radius 1 is 1.33 bits per heavy atom. The van der Waals surface area contributed by atoms with Gasteiger partial charge >= 0.3 is 0 Å². The van der Waals surface area contributed by atoms with Crippen molar-refractivity contribution in [2.24, 2.45) is 0 Å². The van der Waals surface area contributed by atoms with E-state index in [1.54, 1.807) is 0 Å². The Bertz CT molecular complexity index is 391. The molecule has 1 nitrogen and oxygen atoms in total. The van der Waals surface area contributed by atoms with Gasteiger partial charge in [0.1, 0.15) is 5.82 Å². The van der Waals surface area contributed by atoms with Gasteiger partial charge in [0.05, 0.1) is 4.47 Å². The van der Waals surface area contributed by atoms with E-state index in [4.69, 9.17) is 0 Å². The Morgan fingerprint density at radius 2 is 2.06 bits per heavy atom. The summed E-state index contributed by atoms with van der Waals surface area (Å²) >= 11 is 5.21. The fraction of sp³-hybridized carbons (Fsp3) is 0.571. The predicted molar refractivity (Wildman–Crippen MR) is 80.5 cm³/mol. The van der Waals surface area contributed by atoms with E-state index in [2.05, 4.69) is 27.5 Å². The van der Waals surface area contributed by atoms with Crippen molar-refractivity contribution in [2.45, 2.75) is 43.5 Å². The van der Waals surface area contributed by atoms with E-state index in [1.165, 1.54) is 31.7 Å². The molecule has 0 aromatic heterocycles. The lowest BCUT2D eigenvalue weighted by Crippen LogP contribution is -2.33. The van der Waals surface area contributed by atoms with Gasteiger partial charge in [0.25, 0.3) is 0 Å². The van der Waals surface area contributed by atoms with Gasteiger partial charge in [-0.15, -0.1) is 0 Å². The summed E-state index contributed by atoms with van der Waals surface area (Å²) in [5, 5.41) is 4.43. The van der Waals surface area contributed by atoms with Gasteiger partial charge in [0.2, 0.25) is 0 Å². The van der Waals surface area contributed by atoms with E-state index in [1.807, 2.05) is 23.9 Å². The van der Waals surface area contributed by atoms with Gasteiger partial charge < -0.3 is 5.32 Å². The summed E-state index contributed by atoms with van der Waals surface area (Å²) in [7, 11) is 0. The molecule has 1 aliphatic carbocycles. The van der Waals surface area contributed by atoms with Gasteiger partial charge in [-0.05, 0) is 65.6 Å². The minimum atomic E-state index is -0.195. The van der Waals surface area contributed by atoms with Crippen molar-refractivity contribution in [3.63, 3.8) is 0 Å². The molecule has 0 atom stereocenters. The Balaban J connectivity index is 1.79. The smallest absolute Gasteiger partial charge is 0.137 e. The summed E-state index contributed by atoms with van der Waals surface area (Å²) in [6, 6.07) is 5.85. The fourth-order valence-corrected chi connectivity index (χ4v) is 3.58. The third kappa shape index (κ3) is 3.97. The number of halogens is 2. The van der Waals surface area contributed by atoms with E-state index >= 15 is 0 Å². The Kier molecular flexibility index (Phi) is 5.52. The van der Waals surface area contributed by atoms with Gasteiger partial charge in [-0.2, -0.15) is 11.8 Å². The van der Waals surface area contributed by atoms with E-state index in [0.29, 0.717) is 10.5 Å². The zero-order chi connectivity index (χ0) is 13.0. The quantitative estimate of drug-likeness (QED) is 0.880. The molecule has 1 fully saturated rings. The fourth-order valence-electron chi connectivity index (χ4n) is 2.41. The minimum Gasteiger partial charge on any atom is -0.310 e. The van der Waals surface area contributed by atoms with Crippen LogP contribution in [0.3, 0.4) is 0 Å². The molecule has 0 amide bonds. The number of nitrogens with one attached hydrogen (secondary N) is 1. The van der Waals surface area contributed by atoms with E-state index in [9.17, 15) is 4.39 Å². The van der Waals surface area contributed by atoms with Gasteiger partial charge in [0, 0.05) is 17.8 Å². The average Bonchev–Trinajstić information content (AvgIpc) is 2.41. The van der Waals surface area contributed by atoms with Crippen LogP contribution in [0.25, 0.3) is 0 Å². The van der Waals surface area contributed by atoms with E-state index in [0.717, 1.165) is 17.4 Å². The van der Waals surface area contributed by atoms with Gasteiger partial charge in [-0.25, -0.2) is 4.39 Å². The third-order valence-electron chi connectivity index (χ3n) is 3.59. The number of hydrogen-bond acceptors (Lipinski definition) is 2. The van der Waals surface area contributed by atoms with Crippen LogP contribution in [0.5, 0.6) is 0 Å². The lowest BCUT2D eigenvalue weighted by molar-refractivity contribution is 0.379. The van der Waals surface area contributed by atoms with E-state index in [-0.39, 0.29) is 5.82 Å². The summed E-state index contributed by atoms with van der Waals surface area (Å²) in [6.45, 7) is 0.827. The summed E-state index contributed by atoms with van der Waals surface area (Å²) in [5.74, 6) is -0.195. The molecule has 2 rings (SSSR count). The summed E-state index contributed by atoms with van der Waals surface area (Å²) in [4.78, 5) is 0. The van der Waals surface area contributed by atoms with Crippen molar-refractivity contribution in [2.75, 3.05) is 6.26 Å². The van der Waals surface area contributed by atoms with Crippen LogP contribution in [-0.4, -0.2) is 17.5 Å². The van der Waals surface area contributed by atoms with Crippen LogP contribution in [-0.2, 0) is 6.54 Å².